The number of nitrogens with zero attached hydrogens (tertiary/aromatic N) is 4. The molecule has 0 bridgehead atoms. The monoisotopic (exact) mass is 363 g/mol. The first-order valence-corrected chi connectivity index (χ1v) is 8.82. The van der Waals surface area contributed by atoms with Crippen molar-refractivity contribution in [1.82, 2.24) is 20.2 Å². The summed E-state index contributed by atoms with van der Waals surface area (Å²) in [5.41, 5.74) is 2.73. The number of anilines is 1. The van der Waals surface area contributed by atoms with Gasteiger partial charge in [0.05, 0.1) is 6.20 Å². The molecule has 8 heteroatoms. The van der Waals surface area contributed by atoms with Gasteiger partial charge in [0.2, 0.25) is 5.95 Å². The highest BCUT2D eigenvalue weighted by Gasteiger charge is 2.22. The van der Waals surface area contributed by atoms with E-state index in [1.165, 1.54) is 0 Å². The zero-order chi connectivity index (χ0) is 18.2. The summed E-state index contributed by atoms with van der Waals surface area (Å²) in [4.78, 5) is 8.54. The van der Waals surface area contributed by atoms with Gasteiger partial charge < -0.3 is 19.9 Å². The van der Waals surface area contributed by atoms with Crippen LogP contribution in [0, 0.1) is 0 Å². The molecular formula is C19H17N5O3. The third kappa shape index (κ3) is 3.21. The summed E-state index contributed by atoms with van der Waals surface area (Å²) in [6.45, 7) is 0.998. The molecule has 1 fully saturated rings. The summed E-state index contributed by atoms with van der Waals surface area (Å²) in [5.74, 6) is 1.71. The van der Waals surface area contributed by atoms with E-state index in [9.17, 15) is 5.11 Å². The average molecular weight is 363 g/mol. The van der Waals surface area contributed by atoms with Crippen molar-refractivity contribution in [2.75, 3.05) is 18.5 Å². The molecule has 3 heterocycles. The number of nitrogens with one attached hydrogen (secondary N) is 1. The van der Waals surface area contributed by atoms with Gasteiger partial charge in [-0.1, -0.05) is 6.07 Å². The maximum absolute atomic E-state index is 10.5. The van der Waals surface area contributed by atoms with Crippen LogP contribution < -0.4 is 14.8 Å². The van der Waals surface area contributed by atoms with Crippen LogP contribution in [0.15, 0.2) is 36.7 Å². The van der Waals surface area contributed by atoms with Gasteiger partial charge in [0.15, 0.2) is 5.75 Å². The van der Waals surface area contributed by atoms with E-state index in [0.717, 1.165) is 24.0 Å². The fourth-order valence-electron chi connectivity index (χ4n) is 2.89. The first-order valence-electron chi connectivity index (χ1n) is 8.82. The number of ether oxygens (including phenoxy) is 2. The Bertz CT molecular complexity index is 989. The van der Waals surface area contributed by atoms with E-state index >= 15 is 0 Å². The van der Waals surface area contributed by atoms with E-state index < -0.39 is 0 Å². The van der Waals surface area contributed by atoms with Gasteiger partial charge in [-0.2, -0.15) is 0 Å². The summed E-state index contributed by atoms with van der Waals surface area (Å²) >= 11 is 0. The topological polar surface area (TPSA) is 102 Å². The van der Waals surface area contributed by atoms with E-state index in [0.29, 0.717) is 48.1 Å². The van der Waals surface area contributed by atoms with E-state index in [-0.39, 0.29) is 5.75 Å². The molecule has 2 N–H and O–H groups in total. The van der Waals surface area contributed by atoms with Gasteiger partial charge in [0.1, 0.15) is 24.7 Å². The number of rotatable bonds is 4. The summed E-state index contributed by atoms with van der Waals surface area (Å²) in [6, 6.07) is 7.67. The molecule has 8 nitrogen and oxygen atoms in total. The minimum absolute atomic E-state index is 0.0985. The van der Waals surface area contributed by atoms with Crippen LogP contribution in [0.5, 0.6) is 17.4 Å². The molecule has 5 rings (SSSR count). The second-order valence-electron chi connectivity index (χ2n) is 6.54. The predicted molar refractivity (Wildman–Crippen MR) is 97.8 cm³/mol. The van der Waals surface area contributed by atoms with Crippen LogP contribution in [0.1, 0.15) is 12.8 Å². The Labute approximate surface area is 155 Å². The first-order chi connectivity index (χ1) is 13.3. The minimum Gasteiger partial charge on any atom is -0.507 e. The molecule has 3 aromatic rings. The second-order valence-corrected chi connectivity index (χ2v) is 6.54. The Morgan fingerprint density at radius 2 is 1.85 bits per heavy atom. The van der Waals surface area contributed by atoms with Crippen LogP contribution in [-0.4, -0.2) is 44.5 Å². The quantitative estimate of drug-likeness (QED) is 0.729. The SMILES string of the molecule is Oc1cc(-c2cnc3c(c2)OCCO3)ccc1-c1cnc(NC2CC2)nn1. The molecule has 0 unspecified atom stereocenters. The smallest absolute Gasteiger partial charge is 0.257 e. The van der Waals surface area contributed by atoms with Crippen molar-refractivity contribution in [3.05, 3.63) is 36.7 Å². The van der Waals surface area contributed by atoms with Gasteiger partial charge in [-0.25, -0.2) is 9.97 Å². The summed E-state index contributed by atoms with van der Waals surface area (Å²) in [6.07, 6.45) is 5.59. The van der Waals surface area contributed by atoms with E-state index in [1.807, 2.05) is 12.1 Å². The van der Waals surface area contributed by atoms with Crippen molar-refractivity contribution in [1.29, 1.82) is 0 Å². The number of benzene rings is 1. The highest BCUT2D eigenvalue weighted by Crippen LogP contribution is 2.36. The second kappa shape index (κ2) is 6.39. The molecule has 1 saturated carbocycles. The third-order valence-corrected chi connectivity index (χ3v) is 4.48. The standard InChI is InChI=1S/C19H17N5O3/c25-16-7-11(12-8-17-18(20-9-12)27-6-5-26-17)1-4-14(16)15-10-21-19(24-23-15)22-13-2-3-13/h1,4,7-10,13,25H,2-3,5-6H2,(H,21,22,24). The molecule has 1 aliphatic carbocycles. The molecule has 1 aliphatic heterocycles. The molecular weight excluding hydrogens is 346 g/mol. The van der Waals surface area contributed by atoms with Crippen LogP contribution >= 0.6 is 0 Å². The van der Waals surface area contributed by atoms with Crippen LogP contribution in [0.25, 0.3) is 22.4 Å². The molecule has 0 spiro atoms. The van der Waals surface area contributed by atoms with Crippen molar-refractivity contribution in [3.8, 4) is 39.8 Å². The predicted octanol–water partition coefficient (Wildman–Crippen LogP) is 2.65. The maximum Gasteiger partial charge on any atom is 0.257 e. The Morgan fingerprint density at radius 1 is 0.963 bits per heavy atom. The Kier molecular flexibility index (Phi) is 3.74. The van der Waals surface area contributed by atoms with E-state index in [2.05, 4.69) is 25.5 Å². The van der Waals surface area contributed by atoms with Crippen molar-refractivity contribution in [3.63, 3.8) is 0 Å². The molecule has 1 aromatic carbocycles. The summed E-state index contributed by atoms with van der Waals surface area (Å²) < 4.78 is 11.0. The Balaban J connectivity index is 1.41. The lowest BCUT2D eigenvalue weighted by Gasteiger charge is -2.17. The Hall–Kier alpha value is -3.42. The normalized spacial score (nSPS) is 15.4. The van der Waals surface area contributed by atoms with Crippen LogP contribution in [0.2, 0.25) is 0 Å². The largest absolute Gasteiger partial charge is 0.507 e. The minimum atomic E-state index is 0.0985. The van der Waals surface area contributed by atoms with Gasteiger partial charge in [-0.15, -0.1) is 10.2 Å². The molecule has 2 aliphatic rings. The zero-order valence-electron chi connectivity index (χ0n) is 14.4. The number of hydrogen-bond acceptors (Lipinski definition) is 8. The summed E-state index contributed by atoms with van der Waals surface area (Å²) in [7, 11) is 0. The zero-order valence-corrected chi connectivity index (χ0v) is 14.4. The molecule has 0 atom stereocenters. The van der Waals surface area contributed by atoms with Gasteiger partial charge in [0, 0.05) is 23.4 Å². The van der Waals surface area contributed by atoms with Gasteiger partial charge in [-0.05, 0) is 36.6 Å². The first kappa shape index (κ1) is 15.8. The van der Waals surface area contributed by atoms with Gasteiger partial charge in [-0.3, -0.25) is 0 Å². The molecule has 27 heavy (non-hydrogen) atoms. The highest BCUT2D eigenvalue weighted by molar-refractivity contribution is 5.74. The molecule has 0 radical (unpaired) electrons. The molecule has 0 saturated heterocycles. The van der Waals surface area contributed by atoms with Gasteiger partial charge >= 0.3 is 0 Å². The number of aromatic hydroxyl groups is 1. The van der Waals surface area contributed by atoms with Crippen molar-refractivity contribution in [2.45, 2.75) is 18.9 Å². The number of fused-ring (bicyclic) bond motifs is 1. The number of phenols is 1. The lowest BCUT2D eigenvalue weighted by atomic mass is 10.0. The van der Waals surface area contributed by atoms with Crippen LogP contribution in [0.4, 0.5) is 5.95 Å². The van der Waals surface area contributed by atoms with Crippen molar-refractivity contribution < 1.29 is 14.6 Å². The fraction of sp³-hybridized carbons (Fsp3) is 0.263. The van der Waals surface area contributed by atoms with Crippen LogP contribution in [-0.2, 0) is 0 Å². The maximum atomic E-state index is 10.5. The van der Waals surface area contributed by atoms with Crippen molar-refractivity contribution in [2.24, 2.45) is 0 Å². The highest BCUT2D eigenvalue weighted by atomic mass is 16.6. The van der Waals surface area contributed by atoms with Gasteiger partial charge in [0.25, 0.3) is 5.88 Å². The lowest BCUT2D eigenvalue weighted by molar-refractivity contribution is 0.164. The lowest BCUT2D eigenvalue weighted by Crippen LogP contribution is -2.16. The molecule has 0 amide bonds. The fourth-order valence-corrected chi connectivity index (χ4v) is 2.89. The average Bonchev–Trinajstić information content (AvgIpc) is 3.52. The number of hydrogen-bond donors (Lipinski definition) is 2. The Morgan fingerprint density at radius 3 is 2.63 bits per heavy atom. The summed E-state index contributed by atoms with van der Waals surface area (Å²) in [5, 5.41) is 21.9. The molecule has 136 valence electrons. The van der Waals surface area contributed by atoms with E-state index in [1.54, 1.807) is 24.5 Å². The molecule has 2 aromatic heterocycles. The van der Waals surface area contributed by atoms with Crippen molar-refractivity contribution >= 4 is 5.95 Å². The number of aromatic nitrogens is 4. The number of pyridine rings is 1. The van der Waals surface area contributed by atoms with E-state index in [4.69, 9.17) is 9.47 Å². The van der Waals surface area contributed by atoms with Crippen LogP contribution in [0.3, 0.4) is 0 Å². The third-order valence-electron chi connectivity index (χ3n) is 4.48. The number of phenolic OH excluding ortho intramolecular Hbond substituents is 1.